The van der Waals surface area contributed by atoms with Crippen molar-refractivity contribution in [1.29, 1.82) is 0 Å². The first kappa shape index (κ1) is 18.4. The average Bonchev–Trinajstić information content (AvgIpc) is 2.61. The Kier molecular flexibility index (Phi) is 6.51. The van der Waals surface area contributed by atoms with E-state index in [2.05, 4.69) is 4.74 Å². The van der Waals surface area contributed by atoms with Gasteiger partial charge in [-0.3, -0.25) is 4.79 Å². The van der Waals surface area contributed by atoms with Crippen LogP contribution in [0.15, 0.2) is 54.6 Å². The SMILES string of the molecule is CCOc1cc(C=CC(=O)N(C)c2ccccc2)ccc1OC(F)F. The molecule has 1 amide bonds. The molecule has 0 spiro atoms. The number of halogens is 2. The first-order valence-corrected chi connectivity index (χ1v) is 7.73. The first-order valence-electron chi connectivity index (χ1n) is 7.73. The maximum Gasteiger partial charge on any atom is 0.387 e. The zero-order valence-corrected chi connectivity index (χ0v) is 14.0. The van der Waals surface area contributed by atoms with Crippen LogP contribution in [0.1, 0.15) is 12.5 Å². The summed E-state index contributed by atoms with van der Waals surface area (Å²) in [5, 5.41) is 0. The molecule has 2 rings (SSSR count). The Balaban J connectivity index is 2.14. The molecule has 0 aromatic heterocycles. The molecule has 0 bridgehead atoms. The number of alkyl halides is 2. The number of hydrogen-bond donors (Lipinski definition) is 0. The maximum atomic E-state index is 12.4. The lowest BCUT2D eigenvalue weighted by Crippen LogP contribution is -2.23. The summed E-state index contributed by atoms with van der Waals surface area (Å²) in [6.45, 7) is -0.878. The fourth-order valence-corrected chi connectivity index (χ4v) is 2.15. The van der Waals surface area contributed by atoms with Crippen LogP contribution in [-0.2, 0) is 4.79 Å². The monoisotopic (exact) mass is 347 g/mol. The van der Waals surface area contributed by atoms with E-state index in [1.165, 1.54) is 17.0 Å². The molecule has 0 N–H and O–H groups in total. The van der Waals surface area contributed by atoms with E-state index < -0.39 is 6.61 Å². The fraction of sp³-hybridized carbons (Fsp3) is 0.211. The fourth-order valence-electron chi connectivity index (χ4n) is 2.15. The highest BCUT2D eigenvalue weighted by Crippen LogP contribution is 2.30. The van der Waals surface area contributed by atoms with Crippen molar-refractivity contribution in [3.8, 4) is 11.5 Å². The molecular weight excluding hydrogens is 328 g/mol. The minimum Gasteiger partial charge on any atom is -0.490 e. The van der Waals surface area contributed by atoms with Crippen LogP contribution in [0.5, 0.6) is 11.5 Å². The number of nitrogens with zero attached hydrogens (tertiary/aromatic N) is 1. The van der Waals surface area contributed by atoms with Crippen molar-refractivity contribution in [2.45, 2.75) is 13.5 Å². The van der Waals surface area contributed by atoms with Crippen LogP contribution in [-0.4, -0.2) is 26.2 Å². The highest BCUT2D eigenvalue weighted by atomic mass is 19.3. The maximum absolute atomic E-state index is 12.4. The van der Waals surface area contributed by atoms with Crippen molar-refractivity contribution in [1.82, 2.24) is 0 Å². The summed E-state index contributed by atoms with van der Waals surface area (Å²) in [6, 6.07) is 13.7. The Bertz CT molecular complexity index is 733. The van der Waals surface area contributed by atoms with Crippen LogP contribution in [0.3, 0.4) is 0 Å². The minimum atomic E-state index is -2.93. The molecule has 25 heavy (non-hydrogen) atoms. The van der Waals surface area contributed by atoms with Crippen molar-refractivity contribution >= 4 is 17.7 Å². The molecular formula is C19H19F2NO3. The predicted octanol–water partition coefficient (Wildman–Crippen LogP) is 4.36. The molecule has 0 aliphatic heterocycles. The van der Waals surface area contributed by atoms with Gasteiger partial charge in [-0.2, -0.15) is 8.78 Å². The smallest absolute Gasteiger partial charge is 0.387 e. The molecule has 4 nitrogen and oxygen atoms in total. The lowest BCUT2D eigenvalue weighted by Gasteiger charge is -2.15. The van der Waals surface area contributed by atoms with Gasteiger partial charge in [0.2, 0.25) is 0 Å². The highest BCUT2D eigenvalue weighted by Gasteiger charge is 2.11. The second-order valence-corrected chi connectivity index (χ2v) is 5.08. The van der Waals surface area contributed by atoms with Crippen LogP contribution < -0.4 is 14.4 Å². The summed E-state index contributed by atoms with van der Waals surface area (Å²) in [4.78, 5) is 13.7. The van der Waals surface area contributed by atoms with Crippen LogP contribution in [0, 0.1) is 0 Å². The Labute approximate surface area is 145 Å². The number of hydrogen-bond acceptors (Lipinski definition) is 3. The van der Waals surface area contributed by atoms with E-state index in [4.69, 9.17) is 4.74 Å². The number of ether oxygens (including phenoxy) is 2. The van der Waals surface area contributed by atoms with Gasteiger partial charge < -0.3 is 14.4 Å². The minimum absolute atomic E-state index is 0.0401. The summed E-state index contributed by atoms with van der Waals surface area (Å²) >= 11 is 0. The summed E-state index contributed by atoms with van der Waals surface area (Å²) in [6.07, 6.45) is 3.00. The number of carbonyl (C=O) groups is 1. The van der Waals surface area contributed by atoms with Crippen LogP contribution in [0.4, 0.5) is 14.5 Å². The van der Waals surface area contributed by atoms with Gasteiger partial charge in [-0.15, -0.1) is 0 Å². The molecule has 0 atom stereocenters. The number of amides is 1. The van der Waals surface area contributed by atoms with E-state index in [1.54, 1.807) is 32.2 Å². The van der Waals surface area contributed by atoms with Gasteiger partial charge in [-0.05, 0) is 42.8 Å². The second kappa shape index (κ2) is 8.82. The van der Waals surface area contributed by atoms with Gasteiger partial charge in [0.25, 0.3) is 5.91 Å². The topological polar surface area (TPSA) is 38.8 Å². The van der Waals surface area contributed by atoms with E-state index in [0.29, 0.717) is 12.2 Å². The molecule has 0 unspecified atom stereocenters. The van der Waals surface area contributed by atoms with Crippen molar-refractivity contribution in [3.63, 3.8) is 0 Å². The van der Waals surface area contributed by atoms with Crippen LogP contribution >= 0.6 is 0 Å². The van der Waals surface area contributed by atoms with Crippen molar-refractivity contribution in [3.05, 3.63) is 60.2 Å². The van der Waals surface area contributed by atoms with Crippen molar-refractivity contribution in [2.75, 3.05) is 18.6 Å². The van der Waals surface area contributed by atoms with Crippen LogP contribution in [0.2, 0.25) is 0 Å². The third-order valence-corrected chi connectivity index (χ3v) is 3.38. The largest absolute Gasteiger partial charge is 0.490 e. The number of benzene rings is 2. The molecule has 0 saturated carbocycles. The van der Waals surface area contributed by atoms with Gasteiger partial charge in [-0.25, -0.2) is 0 Å². The summed E-state index contributed by atoms with van der Waals surface area (Å²) in [7, 11) is 1.67. The first-order chi connectivity index (χ1) is 12.0. The van der Waals surface area contributed by atoms with Crippen molar-refractivity contribution < 1.29 is 23.0 Å². The summed E-state index contributed by atoms with van der Waals surface area (Å²) in [5.41, 5.74) is 1.41. The number of rotatable bonds is 7. The Morgan fingerprint density at radius 2 is 1.88 bits per heavy atom. The molecule has 6 heteroatoms. The molecule has 0 fully saturated rings. The molecule has 2 aromatic rings. The highest BCUT2D eigenvalue weighted by molar-refractivity contribution is 6.03. The van der Waals surface area contributed by atoms with Gasteiger partial charge in [0.1, 0.15) is 0 Å². The number of likely N-dealkylation sites (N-methyl/N-ethyl adjacent to an activating group) is 1. The van der Waals surface area contributed by atoms with E-state index in [9.17, 15) is 13.6 Å². The third-order valence-electron chi connectivity index (χ3n) is 3.38. The van der Waals surface area contributed by atoms with Gasteiger partial charge in [0.15, 0.2) is 11.5 Å². The number of para-hydroxylation sites is 1. The molecule has 132 valence electrons. The average molecular weight is 347 g/mol. The lowest BCUT2D eigenvalue weighted by atomic mass is 10.2. The van der Waals surface area contributed by atoms with E-state index in [0.717, 1.165) is 5.69 Å². The Morgan fingerprint density at radius 1 is 1.16 bits per heavy atom. The molecule has 0 aliphatic carbocycles. The second-order valence-electron chi connectivity index (χ2n) is 5.08. The molecule has 0 aliphatic rings. The molecule has 0 heterocycles. The van der Waals surface area contributed by atoms with Gasteiger partial charge in [-0.1, -0.05) is 24.3 Å². The van der Waals surface area contributed by atoms with Crippen LogP contribution in [0.25, 0.3) is 6.08 Å². The summed E-state index contributed by atoms with van der Waals surface area (Å²) in [5.74, 6) is -0.0485. The quantitative estimate of drug-likeness (QED) is 0.699. The standard InChI is InChI=1S/C19H19F2NO3/c1-3-24-17-13-14(9-11-16(17)25-19(20)21)10-12-18(23)22(2)15-7-5-4-6-8-15/h4-13,19H,3H2,1-2H3. The Hall–Kier alpha value is -2.89. The van der Waals surface area contributed by atoms with E-state index in [1.807, 2.05) is 30.3 Å². The van der Waals surface area contributed by atoms with Crippen molar-refractivity contribution in [2.24, 2.45) is 0 Å². The zero-order valence-electron chi connectivity index (χ0n) is 14.0. The number of carbonyl (C=O) groups excluding carboxylic acids is 1. The normalized spacial score (nSPS) is 10.9. The lowest BCUT2D eigenvalue weighted by molar-refractivity contribution is -0.113. The molecule has 2 aromatic carbocycles. The predicted molar refractivity (Wildman–Crippen MR) is 93.1 cm³/mol. The van der Waals surface area contributed by atoms with E-state index >= 15 is 0 Å². The Morgan fingerprint density at radius 3 is 2.52 bits per heavy atom. The van der Waals surface area contributed by atoms with Gasteiger partial charge in [0.05, 0.1) is 6.61 Å². The van der Waals surface area contributed by atoms with Gasteiger partial charge in [0, 0.05) is 18.8 Å². The third kappa shape index (κ3) is 5.31. The molecule has 0 saturated heterocycles. The number of anilines is 1. The zero-order chi connectivity index (χ0) is 18.2. The van der Waals surface area contributed by atoms with E-state index in [-0.39, 0.29) is 17.4 Å². The summed E-state index contributed by atoms with van der Waals surface area (Å²) < 4.78 is 34.5. The molecule has 0 radical (unpaired) electrons. The van der Waals surface area contributed by atoms with Gasteiger partial charge >= 0.3 is 6.61 Å².